The van der Waals surface area contributed by atoms with E-state index in [0.29, 0.717) is 17.2 Å². The monoisotopic (exact) mass is 344 g/mol. The molecule has 0 spiro atoms. The van der Waals surface area contributed by atoms with Gasteiger partial charge >= 0.3 is 0 Å². The zero-order valence-electron chi connectivity index (χ0n) is 14.1. The minimum atomic E-state index is 0.0797. The maximum atomic E-state index is 9.91. The molecule has 0 saturated carbocycles. The first-order valence-electron chi connectivity index (χ1n) is 8.07. The van der Waals surface area contributed by atoms with E-state index in [1.54, 1.807) is 31.4 Å². The van der Waals surface area contributed by atoms with Crippen molar-refractivity contribution in [1.82, 2.24) is 9.38 Å². The molecule has 0 amide bonds. The van der Waals surface area contributed by atoms with Crippen LogP contribution in [0, 0.1) is 0 Å². The fourth-order valence-corrected chi connectivity index (χ4v) is 2.67. The number of ether oxygens (including phenoxy) is 1. The number of rotatable bonds is 4. The van der Waals surface area contributed by atoms with Crippen LogP contribution in [0.5, 0.6) is 11.5 Å². The lowest BCUT2D eigenvalue weighted by Gasteiger charge is -2.02. The Balaban J connectivity index is 1.85. The van der Waals surface area contributed by atoms with Crippen LogP contribution < -0.4 is 4.74 Å². The molecule has 128 valence electrons. The summed E-state index contributed by atoms with van der Waals surface area (Å²) < 4.78 is 7.08. The summed E-state index contributed by atoms with van der Waals surface area (Å²) in [5.41, 5.74) is 2.78. The van der Waals surface area contributed by atoms with Crippen LogP contribution in [-0.4, -0.2) is 21.6 Å². The van der Waals surface area contributed by atoms with Gasteiger partial charge in [0.2, 0.25) is 0 Å². The molecule has 6 heteroatoms. The molecule has 2 aromatic heterocycles. The van der Waals surface area contributed by atoms with E-state index in [-0.39, 0.29) is 5.75 Å². The summed E-state index contributed by atoms with van der Waals surface area (Å²) in [6, 6.07) is 20.2. The molecule has 0 aliphatic rings. The number of benzene rings is 2. The van der Waals surface area contributed by atoms with Gasteiger partial charge in [-0.1, -0.05) is 18.2 Å². The zero-order valence-corrected chi connectivity index (χ0v) is 14.1. The van der Waals surface area contributed by atoms with Gasteiger partial charge < -0.3 is 9.84 Å². The molecule has 26 heavy (non-hydrogen) atoms. The number of pyridine rings is 1. The summed E-state index contributed by atoms with van der Waals surface area (Å²) in [6.45, 7) is 0. The first-order chi connectivity index (χ1) is 12.8. The Kier molecular flexibility index (Phi) is 4.07. The van der Waals surface area contributed by atoms with Crippen molar-refractivity contribution in [3.63, 3.8) is 0 Å². The van der Waals surface area contributed by atoms with Crippen molar-refractivity contribution < 1.29 is 9.84 Å². The van der Waals surface area contributed by atoms with Crippen molar-refractivity contribution in [3.05, 3.63) is 72.9 Å². The number of hydrogen-bond acceptors (Lipinski definition) is 5. The minimum Gasteiger partial charge on any atom is -0.506 e. The predicted octanol–water partition coefficient (Wildman–Crippen LogP) is 5.13. The van der Waals surface area contributed by atoms with Crippen LogP contribution in [0.3, 0.4) is 0 Å². The summed E-state index contributed by atoms with van der Waals surface area (Å²) in [5, 5.41) is 18.5. The molecule has 4 aromatic rings. The van der Waals surface area contributed by atoms with Gasteiger partial charge in [-0.2, -0.15) is 0 Å². The number of phenols is 1. The second-order valence-corrected chi connectivity index (χ2v) is 5.63. The largest absolute Gasteiger partial charge is 0.506 e. The Labute approximate surface area is 150 Å². The van der Waals surface area contributed by atoms with Gasteiger partial charge in [0.25, 0.3) is 0 Å². The van der Waals surface area contributed by atoms with Crippen molar-refractivity contribution in [2.75, 3.05) is 7.11 Å². The van der Waals surface area contributed by atoms with E-state index in [2.05, 4.69) is 15.2 Å². The number of fused-ring (bicyclic) bond motifs is 1. The third kappa shape index (κ3) is 2.88. The Bertz CT molecular complexity index is 1080. The molecule has 0 atom stereocenters. The van der Waals surface area contributed by atoms with Crippen molar-refractivity contribution >= 4 is 17.2 Å². The third-order valence-corrected chi connectivity index (χ3v) is 4.00. The average molecular weight is 344 g/mol. The lowest BCUT2D eigenvalue weighted by atomic mass is 10.1. The second kappa shape index (κ2) is 6.68. The molecule has 2 aromatic carbocycles. The van der Waals surface area contributed by atoms with Gasteiger partial charge in [0.05, 0.1) is 7.11 Å². The van der Waals surface area contributed by atoms with Crippen LogP contribution in [0.2, 0.25) is 0 Å². The highest BCUT2D eigenvalue weighted by atomic mass is 16.5. The first kappa shape index (κ1) is 15.8. The fraction of sp³-hybridized carbons (Fsp3) is 0.0500. The smallest absolute Gasteiger partial charge is 0.187 e. The molecule has 0 saturated heterocycles. The number of phenolic OH excluding ortho intramolecular Hbond substituents is 1. The molecule has 0 unspecified atom stereocenters. The molecule has 0 radical (unpaired) electrons. The molecule has 0 bridgehead atoms. The fourth-order valence-electron chi connectivity index (χ4n) is 2.67. The van der Waals surface area contributed by atoms with Gasteiger partial charge in [0, 0.05) is 11.8 Å². The zero-order chi connectivity index (χ0) is 17.9. The van der Waals surface area contributed by atoms with Crippen LogP contribution >= 0.6 is 0 Å². The minimum absolute atomic E-state index is 0.0797. The Hall–Kier alpha value is -3.67. The van der Waals surface area contributed by atoms with Crippen LogP contribution in [0.4, 0.5) is 11.5 Å². The highest BCUT2D eigenvalue weighted by Crippen LogP contribution is 2.34. The number of imidazole rings is 1. The number of hydrogen-bond donors (Lipinski definition) is 1. The molecule has 0 aliphatic heterocycles. The molecular formula is C20H16N4O2. The van der Waals surface area contributed by atoms with Gasteiger partial charge in [-0.05, 0) is 48.5 Å². The number of aromatic hydroxyl groups is 1. The summed E-state index contributed by atoms with van der Waals surface area (Å²) in [7, 11) is 1.63. The summed E-state index contributed by atoms with van der Waals surface area (Å²) in [4.78, 5) is 4.68. The topological polar surface area (TPSA) is 71.5 Å². The number of nitrogens with zero attached hydrogens (tertiary/aromatic N) is 4. The summed E-state index contributed by atoms with van der Waals surface area (Å²) in [5.74, 6) is 1.44. The molecule has 4 rings (SSSR count). The van der Waals surface area contributed by atoms with Gasteiger partial charge in [0.15, 0.2) is 5.82 Å². The third-order valence-electron chi connectivity index (χ3n) is 4.00. The predicted molar refractivity (Wildman–Crippen MR) is 99.5 cm³/mol. The van der Waals surface area contributed by atoms with Crippen molar-refractivity contribution in [2.45, 2.75) is 0 Å². The van der Waals surface area contributed by atoms with Gasteiger partial charge in [-0.25, -0.2) is 4.98 Å². The van der Waals surface area contributed by atoms with E-state index in [0.717, 1.165) is 17.0 Å². The maximum absolute atomic E-state index is 9.91. The van der Waals surface area contributed by atoms with E-state index in [1.165, 1.54) is 0 Å². The highest BCUT2D eigenvalue weighted by molar-refractivity contribution is 5.74. The van der Waals surface area contributed by atoms with E-state index in [1.807, 2.05) is 53.1 Å². The van der Waals surface area contributed by atoms with Gasteiger partial charge in [-0.3, -0.25) is 4.40 Å². The quantitative estimate of drug-likeness (QED) is 0.522. The van der Waals surface area contributed by atoms with Crippen molar-refractivity contribution in [3.8, 4) is 22.8 Å². The molecular weight excluding hydrogens is 328 g/mol. The SMILES string of the molecule is COc1ccc(-c2nc3ccccn3c2N=Nc2ccccc2O)cc1. The van der Waals surface area contributed by atoms with Crippen LogP contribution in [0.1, 0.15) is 0 Å². The molecule has 0 aliphatic carbocycles. The summed E-state index contributed by atoms with van der Waals surface area (Å²) in [6.07, 6.45) is 1.88. The van der Waals surface area contributed by atoms with Crippen LogP contribution in [0.15, 0.2) is 83.2 Å². The number of azo groups is 1. The molecule has 1 N–H and O–H groups in total. The normalized spacial score (nSPS) is 11.3. The molecule has 0 fully saturated rings. The van der Waals surface area contributed by atoms with Gasteiger partial charge in [-0.15, -0.1) is 10.2 Å². The van der Waals surface area contributed by atoms with Gasteiger partial charge in [0.1, 0.15) is 28.5 Å². The first-order valence-corrected chi connectivity index (χ1v) is 8.07. The maximum Gasteiger partial charge on any atom is 0.187 e. The summed E-state index contributed by atoms with van der Waals surface area (Å²) >= 11 is 0. The van der Waals surface area contributed by atoms with Crippen LogP contribution in [0.25, 0.3) is 16.9 Å². The van der Waals surface area contributed by atoms with Crippen molar-refractivity contribution in [1.29, 1.82) is 0 Å². The van der Waals surface area contributed by atoms with E-state index in [9.17, 15) is 5.11 Å². The Morgan fingerprint density at radius 3 is 2.46 bits per heavy atom. The lowest BCUT2D eigenvalue weighted by molar-refractivity contribution is 0.415. The van der Waals surface area contributed by atoms with Crippen LogP contribution in [-0.2, 0) is 0 Å². The number of para-hydroxylation sites is 1. The van der Waals surface area contributed by atoms with E-state index >= 15 is 0 Å². The Morgan fingerprint density at radius 2 is 1.69 bits per heavy atom. The lowest BCUT2D eigenvalue weighted by Crippen LogP contribution is -1.83. The number of methoxy groups -OCH3 is 1. The van der Waals surface area contributed by atoms with Crippen molar-refractivity contribution in [2.24, 2.45) is 10.2 Å². The van der Waals surface area contributed by atoms with E-state index in [4.69, 9.17) is 4.74 Å². The molecule has 2 heterocycles. The standard InChI is InChI=1S/C20H16N4O2/c1-26-15-11-9-14(10-12-15)19-20(24-13-5-4-8-18(24)21-19)23-22-16-6-2-3-7-17(16)25/h2-13,25H,1H3. The Morgan fingerprint density at radius 1 is 0.923 bits per heavy atom. The van der Waals surface area contributed by atoms with E-state index < -0.39 is 0 Å². The highest BCUT2D eigenvalue weighted by Gasteiger charge is 2.14. The average Bonchev–Trinajstić information content (AvgIpc) is 3.06. The number of aromatic nitrogens is 2. The second-order valence-electron chi connectivity index (χ2n) is 5.63. The molecule has 6 nitrogen and oxygen atoms in total.